The summed E-state index contributed by atoms with van der Waals surface area (Å²) in [6, 6.07) is 7.13. The predicted octanol–water partition coefficient (Wildman–Crippen LogP) is 4.45. The summed E-state index contributed by atoms with van der Waals surface area (Å²) in [5, 5.41) is -0.380. The molecule has 94 valence electrons. The van der Waals surface area contributed by atoms with Crippen molar-refractivity contribution in [1.29, 1.82) is 0 Å². The summed E-state index contributed by atoms with van der Waals surface area (Å²) in [5.74, 6) is 0.596. The van der Waals surface area contributed by atoms with Crippen molar-refractivity contribution in [3.63, 3.8) is 0 Å². The quantitative estimate of drug-likeness (QED) is 0.599. The average molecular weight is 271 g/mol. The van der Waals surface area contributed by atoms with Gasteiger partial charge in [0.2, 0.25) is 0 Å². The Kier molecular flexibility index (Phi) is 4.05. The third-order valence-electron chi connectivity index (χ3n) is 3.27. The van der Waals surface area contributed by atoms with Crippen LogP contribution >= 0.6 is 11.6 Å². The molecule has 0 amide bonds. The van der Waals surface area contributed by atoms with Crippen LogP contribution in [0.25, 0.3) is 0 Å². The smallest absolute Gasteiger partial charge is 0.256 e. The summed E-state index contributed by atoms with van der Waals surface area (Å²) in [7, 11) is -1.93. The standard InChI is InChI=1S/C13H19ClO2Si/c1-13(2,3)17(4,5)16-11-9-7-6-8-10(11)12(14)15/h6-9H,1-5H3. The molecule has 0 heterocycles. The zero-order valence-corrected chi connectivity index (χ0v) is 12.8. The number of rotatable bonds is 3. The predicted molar refractivity (Wildman–Crippen MR) is 74.5 cm³/mol. The summed E-state index contributed by atoms with van der Waals surface area (Å²) >= 11 is 5.55. The van der Waals surface area contributed by atoms with Crippen molar-refractivity contribution in [3.05, 3.63) is 29.8 Å². The number of halogens is 1. The van der Waals surface area contributed by atoms with Crippen molar-refractivity contribution in [2.45, 2.75) is 38.9 Å². The van der Waals surface area contributed by atoms with Gasteiger partial charge in [-0.05, 0) is 41.9 Å². The Hall–Kier alpha value is -0.803. The number of hydrogen-bond acceptors (Lipinski definition) is 2. The molecule has 2 nitrogen and oxygen atoms in total. The number of para-hydroxylation sites is 1. The van der Waals surface area contributed by atoms with E-state index in [-0.39, 0.29) is 5.04 Å². The second kappa shape index (κ2) is 4.82. The second-order valence-corrected chi connectivity index (χ2v) is 10.7. The highest BCUT2D eigenvalue weighted by molar-refractivity contribution is 6.75. The Morgan fingerprint density at radius 1 is 1.24 bits per heavy atom. The molecule has 0 aliphatic carbocycles. The van der Waals surface area contributed by atoms with Crippen molar-refractivity contribution in [1.82, 2.24) is 0 Å². The maximum Gasteiger partial charge on any atom is 0.256 e. The fourth-order valence-corrected chi connectivity index (χ4v) is 2.34. The molecule has 1 aromatic carbocycles. The highest BCUT2D eigenvalue weighted by Gasteiger charge is 2.39. The molecule has 17 heavy (non-hydrogen) atoms. The molecule has 4 heteroatoms. The minimum Gasteiger partial charge on any atom is -0.543 e. The first-order valence-electron chi connectivity index (χ1n) is 5.63. The van der Waals surface area contributed by atoms with Crippen LogP contribution in [-0.2, 0) is 0 Å². The summed E-state index contributed by atoms with van der Waals surface area (Å²) in [4.78, 5) is 11.3. The normalized spacial score (nSPS) is 12.4. The van der Waals surface area contributed by atoms with E-state index in [1.54, 1.807) is 18.2 Å². The molecule has 0 fully saturated rings. The lowest BCUT2D eigenvalue weighted by atomic mass is 10.2. The lowest BCUT2D eigenvalue weighted by molar-refractivity contribution is 0.107. The molecule has 0 aliphatic heterocycles. The van der Waals surface area contributed by atoms with Gasteiger partial charge in [-0.25, -0.2) is 0 Å². The topological polar surface area (TPSA) is 26.3 Å². The Labute approximate surface area is 109 Å². The van der Waals surface area contributed by atoms with Crippen LogP contribution in [0.3, 0.4) is 0 Å². The van der Waals surface area contributed by atoms with Crippen LogP contribution in [0.1, 0.15) is 31.1 Å². The average Bonchev–Trinajstić information content (AvgIpc) is 2.15. The zero-order valence-electron chi connectivity index (χ0n) is 11.0. The van der Waals surface area contributed by atoms with Gasteiger partial charge in [-0.1, -0.05) is 32.9 Å². The van der Waals surface area contributed by atoms with E-state index < -0.39 is 13.6 Å². The largest absolute Gasteiger partial charge is 0.543 e. The first kappa shape index (κ1) is 14.3. The van der Waals surface area contributed by atoms with Gasteiger partial charge in [-0.15, -0.1) is 0 Å². The van der Waals surface area contributed by atoms with E-state index in [1.807, 2.05) is 6.07 Å². The SMILES string of the molecule is CC(C)(C)[Si](C)(C)Oc1ccccc1C(=O)Cl. The van der Waals surface area contributed by atoms with Crippen LogP contribution in [0.15, 0.2) is 24.3 Å². The third kappa shape index (κ3) is 3.33. The number of hydrogen-bond donors (Lipinski definition) is 0. The summed E-state index contributed by atoms with van der Waals surface area (Å²) in [6.07, 6.45) is 0. The molecule has 1 aromatic rings. The first-order chi connectivity index (χ1) is 7.65. The summed E-state index contributed by atoms with van der Waals surface area (Å²) in [6.45, 7) is 10.8. The van der Waals surface area contributed by atoms with Gasteiger partial charge >= 0.3 is 0 Å². The Balaban J connectivity index is 3.08. The van der Waals surface area contributed by atoms with E-state index in [2.05, 4.69) is 33.9 Å². The van der Waals surface area contributed by atoms with Crippen LogP contribution in [0.4, 0.5) is 0 Å². The van der Waals surface area contributed by atoms with E-state index in [9.17, 15) is 4.79 Å². The maximum absolute atomic E-state index is 11.3. The molecule has 0 spiro atoms. The Bertz CT molecular complexity index is 422. The minimum atomic E-state index is -1.93. The molecule has 0 radical (unpaired) electrons. The molecule has 0 atom stereocenters. The molecule has 0 aliphatic rings. The van der Waals surface area contributed by atoms with Crippen molar-refractivity contribution < 1.29 is 9.22 Å². The van der Waals surface area contributed by atoms with Crippen molar-refractivity contribution >= 4 is 25.2 Å². The van der Waals surface area contributed by atoms with Gasteiger partial charge in [0.15, 0.2) is 0 Å². The van der Waals surface area contributed by atoms with Crippen LogP contribution in [0, 0.1) is 0 Å². The maximum atomic E-state index is 11.3. The summed E-state index contributed by atoms with van der Waals surface area (Å²) < 4.78 is 6.09. The fourth-order valence-electron chi connectivity index (χ4n) is 1.15. The molecular weight excluding hydrogens is 252 g/mol. The molecule has 0 saturated carbocycles. The minimum absolute atomic E-state index is 0.0927. The second-order valence-electron chi connectivity index (χ2n) is 5.63. The van der Waals surface area contributed by atoms with Crippen molar-refractivity contribution in [3.8, 4) is 5.75 Å². The van der Waals surface area contributed by atoms with Crippen LogP contribution in [-0.4, -0.2) is 13.6 Å². The van der Waals surface area contributed by atoms with E-state index in [0.717, 1.165) is 0 Å². The van der Waals surface area contributed by atoms with Gasteiger partial charge in [0.1, 0.15) is 5.75 Å². The van der Waals surface area contributed by atoms with E-state index in [0.29, 0.717) is 11.3 Å². The van der Waals surface area contributed by atoms with Crippen LogP contribution < -0.4 is 4.43 Å². The van der Waals surface area contributed by atoms with Gasteiger partial charge in [-0.3, -0.25) is 4.79 Å². The molecular formula is C13H19ClO2Si. The number of carbonyl (C=O) groups is 1. The van der Waals surface area contributed by atoms with Gasteiger partial charge in [-0.2, -0.15) is 0 Å². The van der Waals surface area contributed by atoms with Crippen LogP contribution in [0.5, 0.6) is 5.75 Å². The molecule has 0 saturated heterocycles. The molecule has 0 N–H and O–H groups in total. The summed E-state index contributed by atoms with van der Waals surface area (Å²) in [5.41, 5.74) is 0.444. The van der Waals surface area contributed by atoms with Crippen LogP contribution in [0.2, 0.25) is 18.1 Å². The highest BCUT2D eigenvalue weighted by atomic mass is 35.5. The van der Waals surface area contributed by atoms with E-state index >= 15 is 0 Å². The molecule has 0 bridgehead atoms. The molecule has 0 aromatic heterocycles. The monoisotopic (exact) mass is 270 g/mol. The molecule has 0 unspecified atom stereocenters. The van der Waals surface area contributed by atoms with Crippen molar-refractivity contribution in [2.75, 3.05) is 0 Å². The number of carbonyl (C=O) groups excluding carboxylic acids is 1. The zero-order chi connectivity index (χ0) is 13.3. The van der Waals surface area contributed by atoms with Gasteiger partial charge in [0.25, 0.3) is 13.6 Å². The van der Waals surface area contributed by atoms with Gasteiger partial charge in [0, 0.05) is 0 Å². The Morgan fingerprint density at radius 3 is 2.24 bits per heavy atom. The van der Waals surface area contributed by atoms with Gasteiger partial charge < -0.3 is 4.43 Å². The fraction of sp³-hybridized carbons (Fsp3) is 0.462. The lowest BCUT2D eigenvalue weighted by Gasteiger charge is -2.36. The lowest BCUT2D eigenvalue weighted by Crippen LogP contribution is -2.44. The molecule has 1 rings (SSSR count). The Morgan fingerprint density at radius 2 is 1.76 bits per heavy atom. The van der Waals surface area contributed by atoms with Gasteiger partial charge in [0.05, 0.1) is 5.56 Å². The highest BCUT2D eigenvalue weighted by Crippen LogP contribution is 2.38. The van der Waals surface area contributed by atoms with Crippen molar-refractivity contribution in [2.24, 2.45) is 0 Å². The third-order valence-corrected chi connectivity index (χ3v) is 7.82. The van der Waals surface area contributed by atoms with E-state index in [4.69, 9.17) is 16.0 Å². The number of benzene rings is 1. The van der Waals surface area contributed by atoms with E-state index in [1.165, 1.54) is 0 Å². The first-order valence-corrected chi connectivity index (χ1v) is 8.91.